The largest absolute Gasteiger partial charge is 0.337 e. The molecule has 1 aromatic heterocycles. The third-order valence-electron chi connectivity index (χ3n) is 4.08. The number of benzene rings is 1. The molecule has 2 unspecified atom stereocenters. The maximum absolute atomic E-state index is 13.4. The molecule has 20 heavy (non-hydrogen) atoms. The molecule has 1 amide bonds. The molecule has 3 heterocycles. The van der Waals surface area contributed by atoms with Crippen molar-refractivity contribution in [2.75, 3.05) is 0 Å². The Morgan fingerprint density at radius 1 is 1.40 bits per heavy atom. The molecule has 102 valence electrons. The summed E-state index contributed by atoms with van der Waals surface area (Å²) in [5.74, 6) is -0.177. The van der Waals surface area contributed by atoms with Crippen LogP contribution in [0.15, 0.2) is 34.6 Å². The summed E-state index contributed by atoms with van der Waals surface area (Å²) in [5, 5.41) is 7.27. The van der Waals surface area contributed by atoms with Crippen LogP contribution in [-0.2, 0) is 0 Å². The predicted molar refractivity (Wildman–Crippen MR) is 68.6 cm³/mol. The number of hydrogen-bond donors (Lipinski definition) is 0. The predicted octanol–water partition coefficient (Wildman–Crippen LogP) is 2.45. The minimum Gasteiger partial charge on any atom is -0.337 e. The van der Waals surface area contributed by atoms with Gasteiger partial charge in [-0.3, -0.25) is 4.79 Å². The van der Waals surface area contributed by atoms with Crippen LogP contribution in [0.3, 0.4) is 0 Å². The summed E-state index contributed by atoms with van der Waals surface area (Å²) in [6, 6.07) is 4.91. The molecule has 0 aliphatic carbocycles. The number of nitrogens with zero attached hydrogens (tertiary/aromatic N) is 3. The fourth-order valence-electron chi connectivity index (χ4n) is 3.16. The van der Waals surface area contributed by atoms with Crippen molar-refractivity contribution >= 4 is 17.0 Å². The topological polar surface area (TPSA) is 59.2 Å². The molecule has 4 rings (SSSR count). The van der Waals surface area contributed by atoms with Gasteiger partial charge >= 0.3 is 0 Å². The van der Waals surface area contributed by atoms with Crippen molar-refractivity contribution in [3.8, 4) is 0 Å². The Bertz CT molecular complexity index is 724. The number of aromatic nitrogens is 2. The quantitative estimate of drug-likeness (QED) is 0.800. The van der Waals surface area contributed by atoms with Crippen molar-refractivity contribution in [3.63, 3.8) is 0 Å². The minimum atomic E-state index is -0.118. The highest BCUT2D eigenvalue weighted by atomic mass is 19.1. The SMILES string of the molecule is O=C(c1ccc2onnc2c1)N1C2C=C(F)CC1CC2. The summed E-state index contributed by atoms with van der Waals surface area (Å²) in [6.45, 7) is 0. The second-order valence-corrected chi connectivity index (χ2v) is 5.28. The van der Waals surface area contributed by atoms with E-state index >= 15 is 0 Å². The average molecular weight is 273 g/mol. The third kappa shape index (κ3) is 1.64. The molecule has 5 nitrogen and oxygen atoms in total. The first-order valence-electron chi connectivity index (χ1n) is 6.63. The van der Waals surface area contributed by atoms with Gasteiger partial charge in [0.05, 0.1) is 6.04 Å². The molecule has 1 fully saturated rings. The lowest BCUT2D eigenvalue weighted by molar-refractivity contribution is 0.0677. The number of halogens is 1. The third-order valence-corrected chi connectivity index (χ3v) is 4.08. The number of carbonyl (C=O) groups is 1. The number of fused-ring (bicyclic) bond motifs is 3. The second-order valence-electron chi connectivity index (χ2n) is 5.28. The monoisotopic (exact) mass is 273 g/mol. The maximum atomic E-state index is 13.4. The van der Waals surface area contributed by atoms with Crippen LogP contribution in [0, 0.1) is 0 Å². The van der Waals surface area contributed by atoms with E-state index in [0.717, 1.165) is 12.8 Å². The molecule has 0 radical (unpaired) electrons. The number of carbonyl (C=O) groups excluding carboxylic acids is 1. The highest BCUT2D eigenvalue weighted by Crippen LogP contribution is 2.36. The summed E-state index contributed by atoms with van der Waals surface area (Å²) >= 11 is 0. The van der Waals surface area contributed by atoms with Gasteiger partial charge in [-0.2, -0.15) is 0 Å². The van der Waals surface area contributed by atoms with Crippen LogP contribution in [0.25, 0.3) is 11.1 Å². The lowest BCUT2D eigenvalue weighted by Crippen LogP contribution is -2.42. The van der Waals surface area contributed by atoms with Crippen molar-refractivity contribution < 1.29 is 13.7 Å². The molecule has 2 bridgehead atoms. The Kier molecular flexibility index (Phi) is 2.39. The van der Waals surface area contributed by atoms with Crippen LogP contribution in [0.5, 0.6) is 0 Å². The molecule has 0 spiro atoms. The Hall–Kier alpha value is -2.24. The van der Waals surface area contributed by atoms with Crippen LogP contribution in [0.4, 0.5) is 4.39 Å². The van der Waals surface area contributed by atoms with Crippen LogP contribution in [0.1, 0.15) is 29.6 Å². The van der Waals surface area contributed by atoms with Gasteiger partial charge in [-0.1, -0.05) is 0 Å². The highest BCUT2D eigenvalue weighted by molar-refractivity contribution is 5.97. The fourth-order valence-corrected chi connectivity index (χ4v) is 3.16. The van der Waals surface area contributed by atoms with E-state index in [1.54, 1.807) is 29.2 Å². The molecule has 2 aliphatic rings. The van der Waals surface area contributed by atoms with E-state index < -0.39 is 0 Å². The van der Waals surface area contributed by atoms with Crippen LogP contribution in [-0.4, -0.2) is 33.3 Å². The van der Waals surface area contributed by atoms with Crippen LogP contribution >= 0.6 is 0 Å². The van der Waals surface area contributed by atoms with E-state index in [9.17, 15) is 9.18 Å². The fraction of sp³-hybridized carbons (Fsp3) is 0.357. The smallest absolute Gasteiger partial charge is 0.254 e. The summed E-state index contributed by atoms with van der Waals surface area (Å²) in [5.41, 5.74) is 1.65. The van der Waals surface area contributed by atoms with Crippen molar-refractivity contribution in [1.82, 2.24) is 15.3 Å². The summed E-state index contributed by atoms with van der Waals surface area (Å²) in [7, 11) is 0. The standard InChI is InChI=1S/C14H12FN3O2/c15-9-6-10-2-3-11(7-9)18(10)14(19)8-1-4-13-12(5-8)16-17-20-13/h1,4-6,10-11H,2-3,7H2. The first-order valence-corrected chi connectivity index (χ1v) is 6.63. The van der Waals surface area contributed by atoms with Crippen molar-refractivity contribution in [3.05, 3.63) is 35.7 Å². The Balaban J connectivity index is 1.70. The lowest BCUT2D eigenvalue weighted by atomic mass is 10.1. The molecule has 2 atom stereocenters. The van der Waals surface area contributed by atoms with Gasteiger partial charge in [-0.05, 0) is 37.1 Å². The molecule has 2 aliphatic heterocycles. The maximum Gasteiger partial charge on any atom is 0.254 e. The highest BCUT2D eigenvalue weighted by Gasteiger charge is 2.40. The van der Waals surface area contributed by atoms with Crippen molar-refractivity contribution in [1.29, 1.82) is 0 Å². The second kappa shape index (κ2) is 4.13. The van der Waals surface area contributed by atoms with E-state index in [-0.39, 0.29) is 23.8 Å². The van der Waals surface area contributed by atoms with Gasteiger partial charge in [0.15, 0.2) is 5.58 Å². The lowest BCUT2D eigenvalue weighted by Gasteiger charge is -2.32. The first kappa shape index (κ1) is 11.6. The van der Waals surface area contributed by atoms with Crippen LogP contribution in [0.2, 0.25) is 0 Å². The van der Waals surface area contributed by atoms with Gasteiger partial charge < -0.3 is 9.42 Å². The van der Waals surface area contributed by atoms with Crippen molar-refractivity contribution in [2.45, 2.75) is 31.3 Å². The number of amides is 1. The molecule has 2 aromatic rings. The van der Waals surface area contributed by atoms with Gasteiger partial charge in [0.25, 0.3) is 5.91 Å². The number of hydrogen-bond acceptors (Lipinski definition) is 4. The average Bonchev–Trinajstić information content (AvgIpc) is 3.00. The Morgan fingerprint density at radius 2 is 2.30 bits per heavy atom. The normalized spacial score (nSPS) is 25.1. The van der Waals surface area contributed by atoms with Crippen molar-refractivity contribution in [2.24, 2.45) is 0 Å². The molecule has 1 aromatic carbocycles. The zero-order chi connectivity index (χ0) is 13.7. The first-order chi connectivity index (χ1) is 9.72. The molecule has 0 saturated carbocycles. The molecular formula is C14H12FN3O2. The zero-order valence-electron chi connectivity index (χ0n) is 10.6. The summed E-state index contributed by atoms with van der Waals surface area (Å²) < 4.78 is 18.3. The Labute approximate surface area is 114 Å². The van der Waals surface area contributed by atoms with Crippen LogP contribution < -0.4 is 0 Å². The van der Waals surface area contributed by atoms with E-state index in [0.29, 0.717) is 23.1 Å². The zero-order valence-corrected chi connectivity index (χ0v) is 10.6. The van der Waals surface area contributed by atoms with E-state index in [4.69, 9.17) is 4.52 Å². The van der Waals surface area contributed by atoms with Gasteiger partial charge in [0.2, 0.25) is 0 Å². The van der Waals surface area contributed by atoms with Gasteiger partial charge in [-0.15, -0.1) is 5.10 Å². The van der Waals surface area contributed by atoms with Gasteiger partial charge in [0, 0.05) is 23.3 Å². The summed E-state index contributed by atoms with van der Waals surface area (Å²) in [4.78, 5) is 14.4. The molecule has 1 saturated heterocycles. The summed E-state index contributed by atoms with van der Waals surface area (Å²) in [6.07, 6.45) is 3.58. The minimum absolute atomic E-state index is 0.0244. The van der Waals surface area contributed by atoms with Gasteiger partial charge in [0.1, 0.15) is 11.3 Å². The van der Waals surface area contributed by atoms with E-state index in [2.05, 4.69) is 10.4 Å². The molecule has 0 N–H and O–H groups in total. The Morgan fingerprint density at radius 3 is 3.15 bits per heavy atom. The van der Waals surface area contributed by atoms with Gasteiger partial charge in [-0.25, -0.2) is 4.39 Å². The molecule has 6 heteroatoms. The van der Waals surface area contributed by atoms with E-state index in [1.807, 2.05) is 0 Å². The molecular weight excluding hydrogens is 261 g/mol. The van der Waals surface area contributed by atoms with E-state index in [1.165, 1.54) is 0 Å². The number of rotatable bonds is 1.